The third-order valence-electron chi connectivity index (χ3n) is 5.58. The molecule has 0 aromatic carbocycles. The molecule has 3 N–H and O–H groups in total. The summed E-state index contributed by atoms with van der Waals surface area (Å²) in [6.07, 6.45) is 13.0. The van der Waals surface area contributed by atoms with Crippen molar-refractivity contribution in [1.82, 2.24) is 5.32 Å². The second-order valence-corrected chi connectivity index (χ2v) is 7.57. The number of carboxylic acid groups (broad SMARTS) is 1. The number of hydrogen-bond acceptors (Lipinski definition) is 4. The van der Waals surface area contributed by atoms with Crippen LogP contribution in [0.5, 0.6) is 0 Å². The normalized spacial score (nSPS) is 29.5. The summed E-state index contributed by atoms with van der Waals surface area (Å²) in [6.45, 7) is 3.74. The van der Waals surface area contributed by atoms with E-state index in [0.29, 0.717) is 37.0 Å². The number of ether oxygens (including phenoxy) is 1. The number of hydrogen-bond donors (Lipinski definition) is 3. The van der Waals surface area contributed by atoms with Crippen LogP contribution in [0.4, 0.5) is 0 Å². The van der Waals surface area contributed by atoms with Crippen molar-refractivity contribution in [1.29, 1.82) is 0 Å². The van der Waals surface area contributed by atoms with Gasteiger partial charge in [-0.05, 0) is 44.4 Å². The van der Waals surface area contributed by atoms with Crippen LogP contribution < -0.4 is 5.32 Å². The fourth-order valence-electron chi connectivity index (χ4n) is 4.18. The Morgan fingerprint density at radius 1 is 1.24 bits per heavy atom. The van der Waals surface area contributed by atoms with Crippen LogP contribution in [0.3, 0.4) is 0 Å². The van der Waals surface area contributed by atoms with E-state index in [2.05, 4.69) is 24.4 Å². The first-order chi connectivity index (χ1) is 12.1. The van der Waals surface area contributed by atoms with Gasteiger partial charge in [0.1, 0.15) is 0 Å². The van der Waals surface area contributed by atoms with E-state index in [9.17, 15) is 9.90 Å². The number of fused-ring (bicyclic) bond motifs is 2. The predicted octanol–water partition coefficient (Wildman–Crippen LogP) is 3.12. The Morgan fingerprint density at radius 3 is 2.72 bits per heavy atom. The van der Waals surface area contributed by atoms with Crippen molar-refractivity contribution >= 4 is 5.97 Å². The smallest absolute Gasteiger partial charge is 0.303 e. The van der Waals surface area contributed by atoms with Gasteiger partial charge < -0.3 is 20.3 Å². The highest BCUT2D eigenvalue weighted by Crippen LogP contribution is 2.44. The van der Waals surface area contributed by atoms with Crippen LogP contribution in [0, 0.1) is 11.8 Å². The quantitative estimate of drug-likeness (QED) is 0.350. The zero-order valence-corrected chi connectivity index (χ0v) is 15.5. The standard InChI is InChI=1S/C20H35NO4/c1-2-3-8-15(22)13-21-14-17-16(18-11-12-19(17)25-18)9-6-4-5-7-10-20(23)24/h4,6,15-19,21-22H,2-3,5,7-14H2,1H3,(H,23,24)/t15?,16-,17+,18-,19+/m1/s1. The number of aliphatic carboxylic acids is 1. The van der Waals surface area contributed by atoms with Gasteiger partial charge in [-0.2, -0.15) is 0 Å². The number of carbonyl (C=O) groups is 1. The molecular weight excluding hydrogens is 318 g/mol. The van der Waals surface area contributed by atoms with Gasteiger partial charge in [-0.15, -0.1) is 0 Å². The monoisotopic (exact) mass is 353 g/mol. The van der Waals surface area contributed by atoms with Gasteiger partial charge in [0.2, 0.25) is 0 Å². The van der Waals surface area contributed by atoms with E-state index in [1.807, 2.05) is 0 Å². The number of aliphatic hydroxyl groups is 1. The third kappa shape index (κ3) is 6.72. The van der Waals surface area contributed by atoms with Gasteiger partial charge in [0.25, 0.3) is 0 Å². The lowest BCUT2D eigenvalue weighted by molar-refractivity contribution is -0.137. The molecule has 0 amide bonds. The van der Waals surface area contributed by atoms with Crippen LogP contribution in [-0.2, 0) is 9.53 Å². The number of carboxylic acids is 1. The maximum atomic E-state index is 10.5. The second kappa shape index (κ2) is 10.9. The summed E-state index contributed by atoms with van der Waals surface area (Å²) in [7, 11) is 0. The van der Waals surface area contributed by atoms with Crippen LogP contribution in [0.2, 0.25) is 0 Å². The van der Waals surface area contributed by atoms with Gasteiger partial charge in [-0.3, -0.25) is 4.79 Å². The van der Waals surface area contributed by atoms with E-state index < -0.39 is 5.97 Å². The Labute approximate surface area is 151 Å². The molecule has 5 atom stereocenters. The third-order valence-corrected chi connectivity index (χ3v) is 5.58. The lowest BCUT2D eigenvalue weighted by Crippen LogP contribution is -2.38. The zero-order chi connectivity index (χ0) is 18.1. The number of unbranched alkanes of at least 4 members (excludes halogenated alkanes) is 2. The molecule has 5 heteroatoms. The maximum Gasteiger partial charge on any atom is 0.303 e. The Balaban J connectivity index is 1.69. The van der Waals surface area contributed by atoms with E-state index >= 15 is 0 Å². The molecule has 5 nitrogen and oxygen atoms in total. The number of rotatable bonds is 13. The molecule has 0 radical (unpaired) electrons. The van der Waals surface area contributed by atoms with Crippen LogP contribution in [0.25, 0.3) is 0 Å². The highest BCUT2D eigenvalue weighted by Gasteiger charge is 2.47. The number of nitrogens with one attached hydrogen (secondary N) is 1. The highest BCUT2D eigenvalue weighted by atomic mass is 16.5. The van der Waals surface area contributed by atoms with Crippen LogP contribution >= 0.6 is 0 Å². The molecule has 1 unspecified atom stereocenters. The summed E-state index contributed by atoms with van der Waals surface area (Å²) < 4.78 is 6.12. The van der Waals surface area contributed by atoms with Gasteiger partial charge in [-0.25, -0.2) is 0 Å². The average Bonchev–Trinajstić information content (AvgIpc) is 3.18. The Hall–Kier alpha value is -0.910. The summed E-state index contributed by atoms with van der Waals surface area (Å²) in [5.41, 5.74) is 0. The van der Waals surface area contributed by atoms with E-state index in [0.717, 1.165) is 51.5 Å². The average molecular weight is 354 g/mol. The predicted molar refractivity (Wildman–Crippen MR) is 98.5 cm³/mol. The first-order valence-corrected chi connectivity index (χ1v) is 10.0. The van der Waals surface area contributed by atoms with E-state index in [-0.39, 0.29) is 12.5 Å². The minimum absolute atomic E-state index is 0.243. The second-order valence-electron chi connectivity index (χ2n) is 7.57. The molecule has 0 aliphatic carbocycles. The number of aliphatic hydroxyl groups excluding tert-OH is 1. The minimum Gasteiger partial charge on any atom is -0.481 e. The lowest BCUT2D eigenvalue weighted by atomic mass is 9.77. The molecule has 25 heavy (non-hydrogen) atoms. The Kier molecular flexibility index (Phi) is 8.93. The van der Waals surface area contributed by atoms with Crippen molar-refractivity contribution in [3.05, 3.63) is 12.2 Å². The van der Waals surface area contributed by atoms with Gasteiger partial charge in [0, 0.05) is 25.4 Å². The van der Waals surface area contributed by atoms with Crippen molar-refractivity contribution in [3.63, 3.8) is 0 Å². The molecule has 2 saturated heterocycles. The van der Waals surface area contributed by atoms with Gasteiger partial charge in [0.05, 0.1) is 18.3 Å². The van der Waals surface area contributed by atoms with Gasteiger partial charge in [-0.1, -0.05) is 31.9 Å². The van der Waals surface area contributed by atoms with Crippen molar-refractivity contribution in [2.75, 3.05) is 13.1 Å². The van der Waals surface area contributed by atoms with Gasteiger partial charge in [0.15, 0.2) is 0 Å². The summed E-state index contributed by atoms with van der Waals surface area (Å²) >= 11 is 0. The molecule has 2 heterocycles. The molecule has 2 aliphatic heterocycles. The molecule has 2 bridgehead atoms. The van der Waals surface area contributed by atoms with Crippen molar-refractivity contribution < 1.29 is 19.7 Å². The minimum atomic E-state index is -0.720. The van der Waals surface area contributed by atoms with E-state index in [1.165, 1.54) is 0 Å². The molecule has 2 aliphatic rings. The Bertz CT molecular complexity index is 426. The molecule has 0 aromatic heterocycles. The molecular formula is C20H35NO4. The van der Waals surface area contributed by atoms with Crippen LogP contribution in [0.1, 0.15) is 64.7 Å². The van der Waals surface area contributed by atoms with Crippen LogP contribution in [0.15, 0.2) is 12.2 Å². The maximum absolute atomic E-state index is 10.5. The Morgan fingerprint density at radius 2 is 2.00 bits per heavy atom. The molecule has 0 spiro atoms. The number of allylic oxidation sites excluding steroid dienone is 2. The zero-order valence-electron chi connectivity index (χ0n) is 15.5. The fourth-order valence-corrected chi connectivity index (χ4v) is 4.18. The van der Waals surface area contributed by atoms with Crippen molar-refractivity contribution in [3.8, 4) is 0 Å². The SMILES string of the molecule is CCCCC(O)CNC[C@H]1[C@@H](CC=CCCCC(=O)O)[C@H]2CC[C@@H]1O2. The highest BCUT2D eigenvalue weighted by molar-refractivity contribution is 5.66. The molecule has 2 rings (SSSR count). The van der Waals surface area contributed by atoms with E-state index in [1.54, 1.807) is 0 Å². The first kappa shape index (κ1) is 20.4. The van der Waals surface area contributed by atoms with E-state index in [4.69, 9.17) is 9.84 Å². The molecule has 2 fully saturated rings. The molecule has 144 valence electrons. The fraction of sp³-hybridized carbons (Fsp3) is 0.850. The summed E-state index contributed by atoms with van der Waals surface area (Å²) in [5, 5.41) is 22.1. The lowest BCUT2D eigenvalue weighted by Gasteiger charge is -2.28. The summed E-state index contributed by atoms with van der Waals surface area (Å²) in [5.74, 6) is 0.359. The van der Waals surface area contributed by atoms with Gasteiger partial charge >= 0.3 is 5.97 Å². The largest absolute Gasteiger partial charge is 0.481 e. The molecule has 0 saturated carbocycles. The summed E-state index contributed by atoms with van der Waals surface area (Å²) in [6, 6.07) is 0. The summed E-state index contributed by atoms with van der Waals surface area (Å²) in [4.78, 5) is 10.5. The molecule has 0 aromatic rings. The van der Waals surface area contributed by atoms with Crippen molar-refractivity contribution in [2.45, 2.75) is 83.0 Å². The van der Waals surface area contributed by atoms with Crippen molar-refractivity contribution in [2.24, 2.45) is 11.8 Å². The topological polar surface area (TPSA) is 78.8 Å². The van der Waals surface area contributed by atoms with Crippen LogP contribution in [-0.4, -0.2) is 47.6 Å². The first-order valence-electron chi connectivity index (χ1n) is 10.0.